The van der Waals surface area contributed by atoms with Crippen LogP contribution in [-0.4, -0.2) is 13.0 Å². The van der Waals surface area contributed by atoms with E-state index in [2.05, 4.69) is 5.32 Å². The lowest BCUT2D eigenvalue weighted by molar-refractivity contribution is 0.0985. The van der Waals surface area contributed by atoms with Gasteiger partial charge in [0.2, 0.25) is 0 Å². The molecule has 1 aromatic rings. The van der Waals surface area contributed by atoms with Crippen molar-refractivity contribution in [2.24, 2.45) is 0 Å². The molecule has 1 fully saturated rings. The minimum atomic E-state index is -2.36. The van der Waals surface area contributed by atoms with E-state index in [-0.39, 0.29) is 0 Å². The molecule has 0 spiro atoms. The lowest BCUT2D eigenvalue weighted by Gasteiger charge is -2.26. The normalized spacial score (nSPS) is 17.8. The first-order chi connectivity index (χ1) is 8.72. The predicted molar refractivity (Wildman–Crippen MR) is 70.1 cm³/mol. The second kappa shape index (κ2) is 6.28. The Hall–Kier alpha value is -0.960. The molecule has 0 aromatic heterocycles. The molecule has 3 heteroatoms. The van der Waals surface area contributed by atoms with Crippen molar-refractivity contribution in [2.45, 2.75) is 51.0 Å². The molecule has 1 N–H and O–H groups in total. The number of nitrogens with one attached hydrogen (secondary N) is 1. The maximum Gasteiger partial charge on any atom is 0.257 e. The van der Waals surface area contributed by atoms with Gasteiger partial charge >= 0.3 is 0 Å². The molecule has 18 heavy (non-hydrogen) atoms. The molecule has 0 aliphatic heterocycles. The first-order valence-corrected chi connectivity index (χ1v) is 6.83. The third kappa shape index (κ3) is 3.08. The monoisotopic (exact) mass is 253 g/mol. The molecule has 0 heterocycles. The van der Waals surface area contributed by atoms with Crippen LogP contribution < -0.4 is 5.32 Å². The van der Waals surface area contributed by atoms with Gasteiger partial charge in [-0.3, -0.25) is 0 Å². The highest BCUT2D eigenvalue weighted by atomic mass is 19.3. The largest absolute Gasteiger partial charge is 0.305 e. The van der Waals surface area contributed by atoms with E-state index in [1.807, 2.05) is 31.2 Å². The summed E-state index contributed by atoms with van der Waals surface area (Å²) in [6, 6.07) is 6.91. The van der Waals surface area contributed by atoms with Gasteiger partial charge in [-0.25, -0.2) is 8.78 Å². The maximum absolute atomic E-state index is 13.0. The summed E-state index contributed by atoms with van der Waals surface area (Å²) < 4.78 is 26.0. The third-order valence-corrected chi connectivity index (χ3v) is 3.74. The number of rotatable bonds is 6. The van der Waals surface area contributed by atoms with Crippen LogP contribution in [0, 0.1) is 0 Å². The van der Waals surface area contributed by atoms with E-state index in [4.69, 9.17) is 0 Å². The van der Waals surface area contributed by atoms with Crippen molar-refractivity contribution in [3.63, 3.8) is 0 Å². The zero-order valence-corrected chi connectivity index (χ0v) is 10.8. The molecule has 0 amide bonds. The molecule has 1 aliphatic carbocycles. The van der Waals surface area contributed by atoms with Crippen molar-refractivity contribution in [2.75, 3.05) is 6.54 Å². The summed E-state index contributed by atoms with van der Waals surface area (Å²) in [5.74, 6) is 0.660. The molecule has 0 radical (unpaired) electrons. The number of benzene rings is 1. The van der Waals surface area contributed by atoms with Crippen molar-refractivity contribution >= 4 is 0 Å². The Morgan fingerprint density at radius 3 is 2.33 bits per heavy atom. The summed E-state index contributed by atoms with van der Waals surface area (Å²) in [6.07, 6.45) is 2.29. The Bertz CT molecular complexity index is 357. The number of alkyl halides is 2. The summed E-state index contributed by atoms with van der Waals surface area (Å²) in [4.78, 5) is 0. The van der Waals surface area contributed by atoms with E-state index < -0.39 is 12.5 Å². The van der Waals surface area contributed by atoms with Gasteiger partial charge in [0.05, 0.1) is 6.04 Å². The molecule has 0 bridgehead atoms. The second-order valence-electron chi connectivity index (χ2n) is 5.06. The second-order valence-corrected chi connectivity index (χ2v) is 5.06. The van der Waals surface area contributed by atoms with Crippen LogP contribution in [0.4, 0.5) is 8.78 Å². The van der Waals surface area contributed by atoms with E-state index in [0.717, 1.165) is 6.42 Å². The number of halogens is 2. The topological polar surface area (TPSA) is 12.0 Å². The molecule has 0 saturated heterocycles. The third-order valence-electron chi connectivity index (χ3n) is 3.74. The van der Waals surface area contributed by atoms with Gasteiger partial charge in [-0.1, -0.05) is 37.6 Å². The fourth-order valence-corrected chi connectivity index (χ4v) is 2.37. The van der Waals surface area contributed by atoms with Crippen molar-refractivity contribution in [3.8, 4) is 0 Å². The Morgan fingerprint density at radius 1 is 1.22 bits per heavy atom. The van der Waals surface area contributed by atoms with Crippen molar-refractivity contribution in [3.05, 3.63) is 35.4 Å². The smallest absolute Gasteiger partial charge is 0.257 e. The molecule has 2 rings (SSSR count). The first kappa shape index (κ1) is 13.5. The van der Waals surface area contributed by atoms with Gasteiger partial charge < -0.3 is 5.32 Å². The molecule has 1 atom stereocenters. The number of hydrogen-bond acceptors (Lipinski definition) is 1. The molecule has 100 valence electrons. The minimum Gasteiger partial charge on any atom is -0.305 e. The standard InChI is InChI=1S/C15H21F2N/c1-2-10-18-14(15(16)17)13-8-6-12(7-9-13)11-4-3-5-11/h6-9,11,14-15,18H,2-5,10H2,1H3. The minimum absolute atomic E-state index is 0.624. The average Bonchev–Trinajstić information content (AvgIpc) is 2.29. The molecular weight excluding hydrogens is 232 g/mol. The van der Waals surface area contributed by atoms with Gasteiger partial charge in [0.25, 0.3) is 6.43 Å². The van der Waals surface area contributed by atoms with Crippen LogP contribution in [0.15, 0.2) is 24.3 Å². The number of hydrogen-bond donors (Lipinski definition) is 1. The van der Waals surface area contributed by atoms with Gasteiger partial charge in [-0.2, -0.15) is 0 Å². The van der Waals surface area contributed by atoms with Crippen LogP contribution >= 0.6 is 0 Å². The van der Waals surface area contributed by atoms with Gasteiger partial charge in [-0.15, -0.1) is 0 Å². The van der Waals surface area contributed by atoms with Crippen LogP contribution in [0.25, 0.3) is 0 Å². The highest BCUT2D eigenvalue weighted by Crippen LogP contribution is 2.36. The summed E-state index contributed by atoms with van der Waals surface area (Å²) in [5, 5.41) is 2.91. The lowest BCUT2D eigenvalue weighted by Crippen LogP contribution is -2.28. The summed E-state index contributed by atoms with van der Waals surface area (Å²) in [7, 11) is 0. The zero-order valence-electron chi connectivity index (χ0n) is 10.8. The molecule has 1 unspecified atom stereocenters. The van der Waals surface area contributed by atoms with Gasteiger partial charge in [0.1, 0.15) is 0 Å². The van der Waals surface area contributed by atoms with Crippen molar-refractivity contribution < 1.29 is 8.78 Å². The van der Waals surface area contributed by atoms with Gasteiger partial charge in [0, 0.05) is 0 Å². The Labute approximate surface area is 108 Å². The molecular formula is C15H21F2N. The van der Waals surface area contributed by atoms with E-state index in [9.17, 15) is 8.78 Å². The molecule has 1 saturated carbocycles. The highest BCUT2D eigenvalue weighted by molar-refractivity contribution is 5.28. The highest BCUT2D eigenvalue weighted by Gasteiger charge is 2.23. The summed E-state index contributed by atoms with van der Waals surface area (Å²) in [5.41, 5.74) is 2.00. The Balaban J connectivity index is 2.05. The summed E-state index contributed by atoms with van der Waals surface area (Å²) in [6.45, 7) is 2.61. The zero-order chi connectivity index (χ0) is 13.0. The first-order valence-electron chi connectivity index (χ1n) is 6.83. The van der Waals surface area contributed by atoms with Crippen LogP contribution in [-0.2, 0) is 0 Å². The predicted octanol–water partition coefficient (Wildman–Crippen LogP) is 4.26. The van der Waals surface area contributed by atoms with Gasteiger partial charge in [0.15, 0.2) is 0 Å². The van der Waals surface area contributed by atoms with Crippen LogP contribution in [0.2, 0.25) is 0 Å². The van der Waals surface area contributed by atoms with E-state index in [1.165, 1.54) is 24.8 Å². The van der Waals surface area contributed by atoms with Crippen LogP contribution in [0.3, 0.4) is 0 Å². The molecule has 1 aromatic carbocycles. The van der Waals surface area contributed by atoms with E-state index >= 15 is 0 Å². The van der Waals surface area contributed by atoms with E-state index in [1.54, 1.807) is 0 Å². The molecule has 1 aliphatic rings. The summed E-state index contributed by atoms with van der Waals surface area (Å²) >= 11 is 0. The van der Waals surface area contributed by atoms with E-state index in [0.29, 0.717) is 18.0 Å². The SMILES string of the molecule is CCCNC(c1ccc(C2CCC2)cc1)C(F)F. The Morgan fingerprint density at radius 2 is 1.89 bits per heavy atom. The maximum atomic E-state index is 13.0. The lowest BCUT2D eigenvalue weighted by atomic mass is 9.80. The fourth-order valence-electron chi connectivity index (χ4n) is 2.37. The average molecular weight is 253 g/mol. The van der Waals surface area contributed by atoms with Crippen LogP contribution in [0.5, 0.6) is 0 Å². The van der Waals surface area contributed by atoms with Crippen molar-refractivity contribution in [1.82, 2.24) is 5.32 Å². The fraction of sp³-hybridized carbons (Fsp3) is 0.600. The van der Waals surface area contributed by atoms with Crippen molar-refractivity contribution in [1.29, 1.82) is 0 Å². The molecule has 1 nitrogen and oxygen atoms in total. The quantitative estimate of drug-likeness (QED) is 0.798. The Kier molecular flexibility index (Phi) is 4.70. The van der Waals surface area contributed by atoms with Gasteiger partial charge in [-0.05, 0) is 42.9 Å². The van der Waals surface area contributed by atoms with Crippen LogP contribution in [0.1, 0.15) is 55.7 Å².